The van der Waals surface area contributed by atoms with E-state index in [1.807, 2.05) is 23.1 Å². The monoisotopic (exact) mass is 313 g/mol. The van der Waals surface area contributed by atoms with E-state index in [-0.39, 0.29) is 0 Å². The summed E-state index contributed by atoms with van der Waals surface area (Å²) in [5.41, 5.74) is 7.80. The first-order valence-electron chi connectivity index (χ1n) is 8.10. The fourth-order valence-electron chi connectivity index (χ4n) is 3.18. The number of para-hydroxylation sites is 1. The van der Waals surface area contributed by atoms with Gasteiger partial charge in [0.1, 0.15) is 0 Å². The van der Waals surface area contributed by atoms with E-state index in [1.54, 1.807) is 0 Å². The van der Waals surface area contributed by atoms with Crippen LogP contribution in [0.3, 0.4) is 0 Å². The Hall–Kier alpha value is -2.94. The number of nitrogens with zero attached hydrogens (tertiary/aromatic N) is 3. The van der Waals surface area contributed by atoms with E-state index in [0.29, 0.717) is 0 Å². The summed E-state index contributed by atoms with van der Waals surface area (Å²) in [5.74, 6) is 0. The van der Waals surface area contributed by atoms with E-state index in [0.717, 1.165) is 22.5 Å². The van der Waals surface area contributed by atoms with Gasteiger partial charge in [0, 0.05) is 17.1 Å². The van der Waals surface area contributed by atoms with Crippen LogP contribution < -0.4 is 0 Å². The van der Waals surface area contributed by atoms with E-state index in [4.69, 9.17) is 4.98 Å². The molecule has 3 nitrogen and oxygen atoms in total. The molecule has 4 rings (SSSR count). The van der Waals surface area contributed by atoms with Crippen LogP contribution in [-0.2, 0) is 0 Å². The van der Waals surface area contributed by atoms with Crippen molar-refractivity contribution >= 4 is 10.9 Å². The minimum atomic E-state index is 0.960. The van der Waals surface area contributed by atoms with Crippen LogP contribution >= 0.6 is 0 Å². The molecule has 2 aromatic carbocycles. The van der Waals surface area contributed by atoms with Gasteiger partial charge in [-0.15, -0.1) is 0 Å². The molecule has 24 heavy (non-hydrogen) atoms. The lowest BCUT2D eigenvalue weighted by Gasteiger charge is -2.06. The highest BCUT2D eigenvalue weighted by atomic mass is 15.3. The van der Waals surface area contributed by atoms with Crippen molar-refractivity contribution in [3.63, 3.8) is 0 Å². The first-order chi connectivity index (χ1) is 11.6. The molecule has 4 aromatic rings. The van der Waals surface area contributed by atoms with Gasteiger partial charge in [-0.25, -0.2) is 9.67 Å². The Bertz CT molecular complexity index is 1020. The van der Waals surface area contributed by atoms with Crippen LogP contribution in [0.5, 0.6) is 0 Å². The first kappa shape index (κ1) is 14.6. The third kappa shape index (κ3) is 2.58. The molecule has 0 aliphatic heterocycles. The minimum absolute atomic E-state index is 0.960. The maximum atomic E-state index is 4.80. The third-order valence-electron chi connectivity index (χ3n) is 4.27. The molecule has 2 heterocycles. The zero-order valence-corrected chi connectivity index (χ0v) is 14.1. The Kier molecular flexibility index (Phi) is 3.42. The summed E-state index contributed by atoms with van der Waals surface area (Å²) >= 11 is 0. The van der Waals surface area contributed by atoms with Crippen molar-refractivity contribution in [2.45, 2.75) is 20.8 Å². The van der Waals surface area contributed by atoms with Crippen molar-refractivity contribution in [2.75, 3.05) is 0 Å². The molecule has 0 radical (unpaired) electrons. The quantitative estimate of drug-likeness (QED) is 0.520. The lowest BCUT2D eigenvalue weighted by Crippen LogP contribution is -1.95. The van der Waals surface area contributed by atoms with Crippen LogP contribution in [0.15, 0.2) is 60.9 Å². The van der Waals surface area contributed by atoms with Crippen molar-refractivity contribution in [1.82, 2.24) is 14.8 Å². The molecule has 0 atom stereocenters. The molecular weight excluding hydrogens is 294 g/mol. The largest absolute Gasteiger partial charge is 0.248 e. The van der Waals surface area contributed by atoms with Gasteiger partial charge in [0.05, 0.1) is 23.1 Å². The van der Waals surface area contributed by atoms with Gasteiger partial charge in [0.2, 0.25) is 0 Å². The van der Waals surface area contributed by atoms with Crippen LogP contribution in [0.4, 0.5) is 0 Å². The van der Waals surface area contributed by atoms with Crippen molar-refractivity contribution < 1.29 is 0 Å². The predicted octanol–water partition coefficient (Wildman–Crippen LogP) is 5.01. The SMILES string of the molecule is Cc1cc(C)cc(-n2cc(-c3cc(C)c4ccccc4n3)cn2)c1. The van der Waals surface area contributed by atoms with Gasteiger partial charge >= 0.3 is 0 Å². The van der Waals surface area contributed by atoms with Crippen LogP contribution in [0.1, 0.15) is 16.7 Å². The molecule has 0 unspecified atom stereocenters. The first-order valence-corrected chi connectivity index (χ1v) is 8.10. The molecule has 0 amide bonds. The molecular formula is C21H19N3. The molecule has 118 valence electrons. The van der Waals surface area contributed by atoms with Crippen LogP contribution in [0.25, 0.3) is 27.8 Å². The van der Waals surface area contributed by atoms with E-state index in [2.05, 4.69) is 68.3 Å². The molecule has 0 aliphatic rings. The van der Waals surface area contributed by atoms with Gasteiger partial charge in [-0.05, 0) is 61.7 Å². The molecule has 2 aromatic heterocycles. The second kappa shape index (κ2) is 5.60. The Morgan fingerprint density at radius 2 is 1.62 bits per heavy atom. The van der Waals surface area contributed by atoms with Crippen molar-refractivity contribution in [1.29, 1.82) is 0 Å². The molecule has 0 aliphatic carbocycles. The van der Waals surface area contributed by atoms with E-state index < -0.39 is 0 Å². The maximum absolute atomic E-state index is 4.80. The summed E-state index contributed by atoms with van der Waals surface area (Å²) < 4.78 is 1.92. The molecule has 0 bridgehead atoms. The predicted molar refractivity (Wildman–Crippen MR) is 98.5 cm³/mol. The van der Waals surface area contributed by atoms with E-state index in [9.17, 15) is 0 Å². The Morgan fingerprint density at radius 3 is 2.42 bits per heavy atom. The highest BCUT2D eigenvalue weighted by Gasteiger charge is 2.08. The minimum Gasteiger partial charge on any atom is -0.248 e. The van der Waals surface area contributed by atoms with Crippen LogP contribution in [-0.4, -0.2) is 14.8 Å². The Morgan fingerprint density at radius 1 is 0.875 bits per heavy atom. The summed E-state index contributed by atoms with van der Waals surface area (Å²) in [4.78, 5) is 4.80. The van der Waals surface area contributed by atoms with Gasteiger partial charge in [-0.1, -0.05) is 24.3 Å². The molecule has 0 saturated carbocycles. The zero-order chi connectivity index (χ0) is 16.7. The van der Waals surface area contributed by atoms with Gasteiger partial charge in [-0.3, -0.25) is 0 Å². The molecule has 0 N–H and O–H groups in total. The Labute approximate surface area is 141 Å². The summed E-state index contributed by atoms with van der Waals surface area (Å²) in [6.45, 7) is 6.34. The van der Waals surface area contributed by atoms with E-state index in [1.165, 1.54) is 22.1 Å². The standard InChI is InChI=1S/C21H19N3/c1-14-8-15(2)10-18(9-14)24-13-17(12-22-24)21-11-16(3)19-6-4-5-7-20(19)23-21/h4-13H,1-3H3. The molecule has 0 fully saturated rings. The second-order valence-corrected chi connectivity index (χ2v) is 6.36. The number of pyridine rings is 1. The highest BCUT2D eigenvalue weighted by Crippen LogP contribution is 2.25. The molecule has 0 spiro atoms. The number of aromatic nitrogens is 3. The smallest absolute Gasteiger partial charge is 0.0744 e. The van der Waals surface area contributed by atoms with Crippen LogP contribution in [0, 0.1) is 20.8 Å². The average molecular weight is 313 g/mol. The average Bonchev–Trinajstić information content (AvgIpc) is 3.04. The number of rotatable bonds is 2. The van der Waals surface area contributed by atoms with Gasteiger partial charge in [-0.2, -0.15) is 5.10 Å². The van der Waals surface area contributed by atoms with Crippen molar-refractivity contribution in [2.24, 2.45) is 0 Å². The highest BCUT2D eigenvalue weighted by molar-refractivity contribution is 5.84. The topological polar surface area (TPSA) is 30.7 Å². The fraction of sp³-hybridized carbons (Fsp3) is 0.143. The fourth-order valence-corrected chi connectivity index (χ4v) is 3.18. The normalized spacial score (nSPS) is 11.1. The van der Waals surface area contributed by atoms with Crippen molar-refractivity contribution in [3.05, 3.63) is 77.6 Å². The number of hydrogen-bond acceptors (Lipinski definition) is 2. The maximum Gasteiger partial charge on any atom is 0.0744 e. The van der Waals surface area contributed by atoms with Gasteiger partial charge < -0.3 is 0 Å². The lowest BCUT2D eigenvalue weighted by molar-refractivity contribution is 0.877. The summed E-state index contributed by atoms with van der Waals surface area (Å²) in [7, 11) is 0. The molecule has 0 saturated heterocycles. The molecule has 3 heteroatoms. The summed E-state index contributed by atoms with van der Waals surface area (Å²) in [5, 5.41) is 5.73. The van der Waals surface area contributed by atoms with Crippen LogP contribution in [0.2, 0.25) is 0 Å². The lowest BCUT2D eigenvalue weighted by atomic mass is 10.1. The second-order valence-electron chi connectivity index (χ2n) is 6.36. The zero-order valence-electron chi connectivity index (χ0n) is 14.1. The third-order valence-corrected chi connectivity index (χ3v) is 4.27. The number of fused-ring (bicyclic) bond motifs is 1. The number of aryl methyl sites for hydroxylation is 3. The summed E-state index contributed by atoms with van der Waals surface area (Å²) in [6.07, 6.45) is 3.93. The summed E-state index contributed by atoms with van der Waals surface area (Å²) in [6, 6.07) is 16.8. The van der Waals surface area contributed by atoms with Gasteiger partial charge in [0.25, 0.3) is 0 Å². The Balaban J connectivity index is 1.80. The van der Waals surface area contributed by atoms with E-state index >= 15 is 0 Å². The number of hydrogen-bond donors (Lipinski definition) is 0. The number of benzene rings is 2. The van der Waals surface area contributed by atoms with Gasteiger partial charge in [0.15, 0.2) is 0 Å². The van der Waals surface area contributed by atoms with Crippen molar-refractivity contribution in [3.8, 4) is 16.9 Å².